The van der Waals surface area contributed by atoms with Crippen LogP contribution in [0.5, 0.6) is 11.5 Å². The first-order valence-corrected chi connectivity index (χ1v) is 8.38. The second-order valence-corrected chi connectivity index (χ2v) is 5.55. The third-order valence-corrected chi connectivity index (χ3v) is 3.69. The van der Waals surface area contributed by atoms with Crippen molar-refractivity contribution in [3.8, 4) is 11.5 Å². The van der Waals surface area contributed by atoms with E-state index in [4.69, 9.17) is 14.2 Å². The fourth-order valence-electron chi connectivity index (χ4n) is 2.46. The summed E-state index contributed by atoms with van der Waals surface area (Å²) in [7, 11) is 1.58. The molecule has 0 aliphatic carbocycles. The molecule has 0 spiro atoms. The molecule has 5 heteroatoms. The summed E-state index contributed by atoms with van der Waals surface area (Å²) in [6, 6.07) is 11.0. The average Bonchev–Trinajstić information content (AvgIpc) is 2.61. The Hall–Kier alpha value is -2.53. The summed E-state index contributed by atoms with van der Waals surface area (Å²) in [4.78, 5) is 12.6. The average molecular weight is 343 g/mol. The summed E-state index contributed by atoms with van der Waals surface area (Å²) in [5, 5.41) is 2.91. The molecule has 0 radical (unpaired) electrons. The molecule has 0 heterocycles. The van der Waals surface area contributed by atoms with E-state index in [0.717, 1.165) is 16.9 Å². The van der Waals surface area contributed by atoms with Crippen LogP contribution in [0.15, 0.2) is 36.4 Å². The number of carbonyl (C=O) groups is 1. The summed E-state index contributed by atoms with van der Waals surface area (Å²) < 4.78 is 16.4. The first kappa shape index (κ1) is 18.8. The van der Waals surface area contributed by atoms with Crippen LogP contribution in [0.2, 0.25) is 0 Å². The summed E-state index contributed by atoms with van der Waals surface area (Å²) >= 11 is 0. The lowest BCUT2D eigenvalue weighted by Gasteiger charge is -2.14. The van der Waals surface area contributed by atoms with E-state index in [1.807, 2.05) is 39.0 Å². The lowest BCUT2D eigenvalue weighted by Crippen LogP contribution is -2.13. The molecule has 2 aromatic carbocycles. The van der Waals surface area contributed by atoms with Gasteiger partial charge in [0, 0.05) is 17.7 Å². The van der Waals surface area contributed by atoms with E-state index in [9.17, 15) is 4.79 Å². The van der Waals surface area contributed by atoms with Gasteiger partial charge in [0.15, 0.2) is 0 Å². The largest absolute Gasteiger partial charge is 0.495 e. The number of anilines is 1. The lowest BCUT2D eigenvalue weighted by molar-refractivity contribution is 0.102. The highest BCUT2D eigenvalue weighted by atomic mass is 16.5. The maximum absolute atomic E-state index is 12.6. The zero-order valence-electron chi connectivity index (χ0n) is 15.2. The van der Waals surface area contributed by atoms with Crippen molar-refractivity contribution in [3.05, 3.63) is 53.1 Å². The van der Waals surface area contributed by atoms with Gasteiger partial charge in [-0.2, -0.15) is 0 Å². The molecule has 2 rings (SSSR count). The van der Waals surface area contributed by atoms with Gasteiger partial charge in [0.05, 0.1) is 26.0 Å². The molecule has 25 heavy (non-hydrogen) atoms. The highest BCUT2D eigenvalue weighted by molar-refractivity contribution is 6.05. The smallest absolute Gasteiger partial charge is 0.255 e. The van der Waals surface area contributed by atoms with E-state index in [1.165, 1.54) is 0 Å². The Morgan fingerprint density at radius 1 is 1.04 bits per heavy atom. The normalized spacial score (nSPS) is 10.4. The van der Waals surface area contributed by atoms with Gasteiger partial charge >= 0.3 is 0 Å². The molecule has 5 nitrogen and oxygen atoms in total. The van der Waals surface area contributed by atoms with E-state index < -0.39 is 0 Å². The number of amides is 1. The minimum atomic E-state index is -0.204. The van der Waals surface area contributed by atoms with Crippen molar-refractivity contribution in [1.29, 1.82) is 0 Å². The molecular weight excluding hydrogens is 318 g/mol. The van der Waals surface area contributed by atoms with Gasteiger partial charge in [-0.05, 0) is 56.7 Å². The van der Waals surface area contributed by atoms with Gasteiger partial charge in [-0.15, -0.1) is 0 Å². The monoisotopic (exact) mass is 343 g/mol. The van der Waals surface area contributed by atoms with E-state index in [2.05, 4.69) is 5.32 Å². The van der Waals surface area contributed by atoms with Crippen LogP contribution in [-0.4, -0.2) is 26.2 Å². The van der Waals surface area contributed by atoms with Crippen molar-refractivity contribution in [2.45, 2.75) is 27.4 Å². The number of benzene rings is 2. The number of nitrogens with one attached hydrogen (secondary N) is 1. The standard InChI is InChI=1S/C20H25NO4/c1-5-24-13-16-12-15(8-10-18(16)25-6-2)20(22)21-17-11-14(3)7-9-19(17)23-4/h7-12H,5-6,13H2,1-4H3,(H,21,22). The minimum Gasteiger partial charge on any atom is -0.495 e. The van der Waals surface area contributed by atoms with Crippen LogP contribution < -0.4 is 14.8 Å². The Balaban J connectivity index is 2.25. The second kappa shape index (κ2) is 9.08. The van der Waals surface area contributed by atoms with Crippen LogP contribution in [0.4, 0.5) is 5.69 Å². The second-order valence-electron chi connectivity index (χ2n) is 5.55. The van der Waals surface area contributed by atoms with E-state index >= 15 is 0 Å². The molecule has 1 amide bonds. The topological polar surface area (TPSA) is 56.8 Å². The van der Waals surface area contributed by atoms with Crippen molar-refractivity contribution in [2.24, 2.45) is 0 Å². The van der Waals surface area contributed by atoms with Crippen LogP contribution in [-0.2, 0) is 11.3 Å². The summed E-state index contributed by atoms with van der Waals surface area (Å²) in [6.45, 7) is 7.39. The Kier molecular flexibility index (Phi) is 6.83. The lowest BCUT2D eigenvalue weighted by atomic mass is 10.1. The molecule has 0 unspecified atom stereocenters. The third kappa shape index (κ3) is 4.97. The van der Waals surface area contributed by atoms with Crippen LogP contribution in [0.25, 0.3) is 0 Å². The Bertz CT molecular complexity index is 728. The molecule has 0 saturated carbocycles. The predicted octanol–water partition coefficient (Wildman–Crippen LogP) is 4.19. The Morgan fingerprint density at radius 2 is 1.80 bits per heavy atom. The molecule has 2 aromatic rings. The zero-order chi connectivity index (χ0) is 18.2. The maximum Gasteiger partial charge on any atom is 0.255 e. The van der Waals surface area contributed by atoms with Gasteiger partial charge in [-0.1, -0.05) is 6.07 Å². The molecule has 0 aromatic heterocycles. The molecule has 0 fully saturated rings. The number of hydrogen-bond donors (Lipinski definition) is 1. The number of carbonyl (C=O) groups excluding carboxylic acids is 1. The number of ether oxygens (including phenoxy) is 3. The van der Waals surface area contributed by atoms with Crippen LogP contribution >= 0.6 is 0 Å². The van der Waals surface area contributed by atoms with Crippen molar-refractivity contribution in [1.82, 2.24) is 0 Å². The number of hydrogen-bond acceptors (Lipinski definition) is 4. The molecule has 0 bridgehead atoms. The zero-order valence-corrected chi connectivity index (χ0v) is 15.2. The first-order valence-electron chi connectivity index (χ1n) is 8.38. The number of rotatable bonds is 8. The minimum absolute atomic E-state index is 0.204. The molecular formula is C20H25NO4. The highest BCUT2D eigenvalue weighted by Gasteiger charge is 2.13. The van der Waals surface area contributed by atoms with Gasteiger partial charge in [0.25, 0.3) is 5.91 Å². The SMILES string of the molecule is CCOCc1cc(C(=O)Nc2cc(C)ccc2OC)ccc1OCC. The summed E-state index contributed by atoms with van der Waals surface area (Å²) in [6.07, 6.45) is 0. The molecule has 0 aliphatic heterocycles. The quantitative estimate of drug-likeness (QED) is 0.781. The fraction of sp³-hybridized carbons (Fsp3) is 0.350. The number of aryl methyl sites for hydroxylation is 1. The van der Waals surface area contributed by atoms with Crippen LogP contribution in [0.3, 0.4) is 0 Å². The summed E-state index contributed by atoms with van der Waals surface area (Å²) in [5.74, 6) is 1.16. The third-order valence-electron chi connectivity index (χ3n) is 3.69. The van der Waals surface area contributed by atoms with Crippen molar-refractivity contribution < 1.29 is 19.0 Å². The number of methoxy groups -OCH3 is 1. The van der Waals surface area contributed by atoms with E-state index in [0.29, 0.717) is 36.8 Å². The molecule has 0 saturated heterocycles. The van der Waals surface area contributed by atoms with Crippen molar-refractivity contribution in [2.75, 3.05) is 25.6 Å². The first-order chi connectivity index (χ1) is 12.1. The molecule has 134 valence electrons. The van der Waals surface area contributed by atoms with Crippen molar-refractivity contribution >= 4 is 11.6 Å². The van der Waals surface area contributed by atoms with Gasteiger partial charge in [-0.25, -0.2) is 0 Å². The van der Waals surface area contributed by atoms with Crippen molar-refractivity contribution in [3.63, 3.8) is 0 Å². The maximum atomic E-state index is 12.6. The van der Waals surface area contributed by atoms with E-state index in [-0.39, 0.29) is 5.91 Å². The van der Waals surface area contributed by atoms with E-state index in [1.54, 1.807) is 25.3 Å². The Labute approximate surface area is 148 Å². The fourth-order valence-corrected chi connectivity index (χ4v) is 2.46. The molecule has 0 aliphatic rings. The molecule has 1 N–H and O–H groups in total. The highest BCUT2D eigenvalue weighted by Crippen LogP contribution is 2.27. The van der Waals surface area contributed by atoms with Gasteiger partial charge in [-0.3, -0.25) is 4.79 Å². The van der Waals surface area contributed by atoms with Crippen LogP contribution in [0.1, 0.15) is 35.3 Å². The van der Waals surface area contributed by atoms with Gasteiger partial charge in [0.1, 0.15) is 11.5 Å². The summed E-state index contributed by atoms with van der Waals surface area (Å²) in [5.41, 5.74) is 3.09. The molecule has 0 atom stereocenters. The van der Waals surface area contributed by atoms with Gasteiger partial charge < -0.3 is 19.5 Å². The van der Waals surface area contributed by atoms with Crippen LogP contribution in [0, 0.1) is 6.92 Å². The Morgan fingerprint density at radius 3 is 2.48 bits per heavy atom. The predicted molar refractivity (Wildman–Crippen MR) is 98.6 cm³/mol. The van der Waals surface area contributed by atoms with Gasteiger partial charge in [0.2, 0.25) is 0 Å².